The van der Waals surface area contributed by atoms with Crippen molar-refractivity contribution in [1.82, 2.24) is 0 Å². The molecule has 1 heterocycles. The standard InChI is InChI=1S/C31H25FO5S/c32-27-28(37-30(34)25-17-13-23(14-18-25)21-9-5-2-6-10-21)26(38-31(27)35)19-36-29(33)24-15-11-22(12-16-24)20-7-3-1-4-8-20/h1-18,26-28,31,35H,19H2/t26-,27+,28-,31?/m1/s1. The third kappa shape index (κ3) is 5.79. The Kier molecular flexibility index (Phi) is 7.86. The second-order valence-electron chi connectivity index (χ2n) is 8.86. The van der Waals surface area contributed by atoms with E-state index in [-0.39, 0.29) is 12.2 Å². The number of benzene rings is 4. The Bertz CT molecular complexity index is 1380. The van der Waals surface area contributed by atoms with Crippen molar-refractivity contribution < 1.29 is 28.6 Å². The molecular weight excluding hydrogens is 503 g/mol. The van der Waals surface area contributed by atoms with Gasteiger partial charge in [0.05, 0.1) is 16.4 Å². The fourth-order valence-electron chi connectivity index (χ4n) is 4.27. The maximum Gasteiger partial charge on any atom is 0.338 e. The highest BCUT2D eigenvalue weighted by molar-refractivity contribution is 8.00. The number of hydrogen-bond donors (Lipinski definition) is 1. The zero-order valence-corrected chi connectivity index (χ0v) is 21.1. The number of esters is 2. The van der Waals surface area contributed by atoms with Gasteiger partial charge in [0.25, 0.3) is 0 Å². The SMILES string of the molecule is O=C(OC[C@H]1SC(O)[C@@H](F)[C@@H]1OC(=O)c1ccc(-c2ccccc2)cc1)c1ccc(-c2ccccc2)cc1. The van der Waals surface area contributed by atoms with E-state index in [1.165, 1.54) is 0 Å². The molecule has 1 aliphatic rings. The highest BCUT2D eigenvalue weighted by atomic mass is 32.2. The molecular formula is C31H25FO5S. The van der Waals surface area contributed by atoms with Crippen LogP contribution in [0.1, 0.15) is 20.7 Å². The monoisotopic (exact) mass is 528 g/mol. The summed E-state index contributed by atoms with van der Waals surface area (Å²) in [6.07, 6.45) is -3.06. The minimum atomic E-state index is -1.80. The Labute approximate surface area is 224 Å². The van der Waals surface area contributed by atoms with Gasteiger partial charge in [-0.3, -0.25) is 0 Å². The normalized spacial score (nSPS) is 20.6. The Hall–Kier alpha value is -3.94. The summed E-state index contributed by atoms with van der Waals surface area (Å²) in [7, 11) is 0. The lowest BCUT2D eigenvalue weighted by molar-refractivity contribution is -0.0112. The molecule has 0 radical (unpaired) electrons. The van der Waals surface area contributed by atoms with Crippen LogP contribution in [0, 0.1) is 0 Å². The summed E-state index contributed by atoms with van der Waals surface area (Å²) >= 11 is 0.882. The molecule has 1 fully saturated rings. The Morgan fingerprint density at radius 2 is 1.13 bits per heavy atom. The molecule has 1 unspecified atom stereocenters. The maximum atomic E-state index is 14.8. The molecule has 0 bridgehead atoms. The lowest BCUT2D eigenvalue weighted by Crippen LogP contribution is -2.36. The first kappa shape index (κ1) is 25.7. The number of carbonyl (C=O) groups is 2. The van der Waals surface area contributed by atoms with Crippen molar-refractivity contribution in [3.8, 4) is 22.3 Å². The number of alkyl halides is 1. The van der Waals surface area contributed by atoms with Crippen molar-refractivity contribution in [3.63, 3.8) is 0 Å². The predicted molar refractivity (Wildman–Crippen MR) is 146 cm³/mol. The van der Waals surface area contributed by atoms with Crippen LogP contribution >= 0.6 is 11.8 Å². The van der Waals surface area contributed by atoms with Gasteiger partial charge in [0.15, 0.2) is 12.3 Å². The topological polar surface area (TPSA) is 72.8 Å². The summed E-state index contributed by atoms with van der Waals surface area (Å²) in [6, 6.07) is 33.2. The first-order valence-electron chi connectivity index (χ1n) is 12.2. The first-order valence-corrected chi connectivity index (χ1v) is 13.1. The third-order valence-corrected chi connectivity index (χ3v) is 7.64. The molecule has 7 heteroatoms. The Morgan fingerprint density at radius 1 is 0.684 bits per heavy atom. The molecule has 4 aromatic carbocycles. The van der Waals surface area contributed by atoms with Crippen molar-refractivity contribution in [2.45, 2.75) is 23.0 Å². The van der Waals surface area contributed by atoms with Gasteiger partial charge in [-0.15, -0.1) is 11.8 Å². The highest BCUT2D eigenvalue weighted by Crippen LogP contribution is 2.37. The number of rotatable bonds is 7. The lowest BCUT2D eigenvalue weighted by atomic mass is 10.0. The van der Waals surface area contributed by atoms with E-state index < -0.39 is 34.9 Å². The molecule has 4 aromatic rings. The van der Waals surface area contributed by atoms with Crippen LogP contribution in [0.4, 0.5) is 4.39 Å². The van der Waals surface area contributed by atoms with Crippen LogP contribution in [0.25, 0.3) is 22.3 Å². The average Bonchev–Trinajstić information content (AvgIpc) is 3.24. The van der Waals surface area contributed by atoms with Crippen LogP contribution in [-0.4, -0.2) is 46.6 Å². The van der Waals surface area contributed by atoms with Crippen LogP contribution in [-0.2, 0) is 9.47 Å². The lowest BCUT2D eigenvalue weighted by Gasteiger charge is -2.20. The van der Waals surface area contributed by atoms with E-state index in [1.54, 1.807) is 36.4 Å². The number of hydrogen-bond acceptors (Lipinski definition) is 6. The number of thioether (sulfide) groups is 1. The van der Waals surface area contributed by atoms with E-state index in [9.17, 15) is 19.1 Å². The van der Waals surface area contributed by atoms with Gasteiger partial charge in [-0.1, -0.05) is 84.9 Å². The summed E-state index contributed by atoms with van der Waals surface area (Å²) in [6.45, 7) is -0.216. The molecule has 1 N–H and O–H groups in total. The predicted octanol–water partition coefficient (Wildman–Crippen LogP) is 6.17. The van der Waals surface area contributed by atoms with E-state index in [4.69, 9.17) is 9.47 Å². The van der Waals surface area contributed by atoms with Crippen molar-refractivity contribution >= 4 is 23.7 Å². The van der Waals surface area contributed by atoms with Gasteiger partial charge in [-0.05, 0) is 46.5 Å². The molecule has 38 heavy (non-hydrogen) atoms. The van der Waals surface area contributed by atoms with Crippen LogP contribution in [0.2, 0.25) is 0 Å². The second-order valence-corrected chi connectivity index (χ2v) is 10.2. The molecule has 0 aromatic heterocycles. The van der Waals surface area contributed by atoms with Gasteiger partial charge >= 0.3 is 11.9 Å². The first-order chi connectivity index (χ1) is 18.5. The molecule has 1 saturated heterocycles. The molecule has 192 valence electrons. The summed E-state index contributed by atoms with van der Waals surface area (Å²) in [4.78, 5) is 25.4. The molecule has 4 atom stereocenters. The zero-order valence-electron chi connectivity index (χ0n) is 20.3. The minimum absolute atomic E-state index is 0.216. The highest BCUT2D eigenvalue weighted by Gasteiger charge is 2.47. The zero-order chi connectivity index (χ0) is 26.5. The summed E-state index contributed by atoms with van der Waals surface area (Å²) in [5.74, 6) is -1.29. The molecule has 0 spiro atoms. The van der Waals surface area contributed by atoms with Crippen molar-refractivity contribution in [3.05, 3.63) is 120 Å². The van der Waals surface area contributed by atoms with E-state index in [2.05, 4.69) is 0 Å². The van der Waals surface area contributed by atoms with Crippen molar-refractivity contribution in [1.29, 1.82) is 0 Å². The van der Waals surface area contributed by atoms with Gasteiger partial charge in [-0.25, -0.2) is 14.0 Å². The van der Waals surface area contributed by atoms with Gasteiger partial charge < -0.3 is 14.6 Å². The number of halogens is 1. The summed E-state index contributed by atoms with van der Waals surface area (Å²) in [5.41, 5.74) is 3.14. The van der Waals surface area contributed by atoms with Gasteiger partial charge in [0.1, 0.15) is 12.0 Å². The number of ether oxygens (including phenoxy) is 2. The fraction of sp³-hybridized carbons (Fsp3) is 0.161. The Balaban J connectivity index is 1.20. The van der Waals surface area contributed by atoms with Crippen LogP contribution < -0.4 is 0 Å². The minimum Gasteiger partial charge on any atom is -0.461 e. The van der Waals surface area contributed by atoms with E-state index in [0.29, 0.717) is 5.56 Å². The largest absolute Gasteiger partial charge is 0.461 e. The fourth-order valence-corrected chi connectivity index (χ4v) is 5.44. The van der Waals surface area contributed by atoms with E-state index in [0.717, 1.165) is 34.0 Å². The van der Waals surface area contributed by atoms with E-state index >= 15 is 0 Å². The maximum absolute atomic E-state index is 14.8. The molecule has 5 rings (SSSR count). The number of carbonyl (C=O) groups excluding carboxylic acids is 2. The summed E-state index contributed by atoms with van der Waals surface area (Å²) in [5, 5.41) is 9.31. The molecule has 0 saturated carbocycles. The quantitative estimate of drug-likeness (QED) is 0.289. The van der Waals surface area contributed by atoms with Gasteiger partial charge in [-0.2, -0.15) is 0 Å². The van der Waals surface area contributed by atoms with Crippen LogP contribution in [0.5, 0.6) is 0 Å². The average molecular weight is 529 g/mol. The summed E-state index contributed by atoms with van der Waals surface area (Å²) < 4.78 is 25.6. The van der Waals surface area contributed by atoms with Crippen molar-refractivity contribution in [2.24, 2.45) is 0 Å². The molecule has 5 nitrogen and oxygen atoms in total. The van der Waals surface area contributed by atoms with Crippen LogP contribution in [0.15, 0.2) is 109 Å². The van der Waals surface area contributed by atoms with Gasteiger partial charge in [0, 0.05) is 0 Å². The second kappa shape index (κ2) is 11.6. The number of aliphatic hydroxyl groups is 1. The van der Waals surface area contributed by atoms with E-state index in [1.807, 2.05) is 72.8 Å². The molecule has 0 amide bonds. The van der Waals surface area contributed by atoms with Crippen LogP contribution in [0.3, 0.4) is 0 Å². The third-order valence-electron chi connectivity index (χ3n) is 6.34. The van der Waals surface area contributed by atoms with Crippen molar-refractivity contribution in [2.75, 3.05) is 6.61 Å². The number of aliphatic hydroxyl groups excluding tert-OH is 1. The molecule has 1 aliphatic heterocycles. The smallest absolute Gasteiger partial charge is 0.338 e. The molecule has 0 aliphatic carbocycles. The Morgan fingerprint density at radius 3 is 1.63 bits per heavy atom. The van der Waals surface area contributed by atoms with Gasteiger partial charge in [0.2, 0.25) is 0 Å².